The minimum atomic E-state index is 0.143. The Morgan fingerprint density at radius 3 is 2.36 bits per heavy atom. The fourth-order valence-electron chi connectivity index (χ4n) is 4.14. The zero-order valence-corrected chi connectivity index (χ0v) is 16.2. The number of Topliss-reactive ketones (excluding diaryl/α,β-unsaturated/α-hetero) is 1. The zero-order valence-electron chi connectivity index (χ0n) is 16.2. The van der Waals surface area contributed by atoms with Crippen LogP contribution in [-0.2, 0) is 14.3 Å². The summed E-state index contributed by atoms with van der Waals surface area (Å²) in [5.74, 6) is 0.961. The van der Waals surface area contributed by atoms with Crippen LogP contribution in [0.5, 0.6) is 0 Å². The SMILES string of the molecule is CCC(C)C(=O)C1CCC(NC(=O)CCCOC2CCCCC2)CC1. The molecule has 1 atom stereocenters. The van der Waals surface area contributed by atoms with Gasteiger partial charge in [0.05, 0.1) is 6.10 Å². The number of rotatable bonds is 9. The molecule has 4 nitrogen and oxygen atoms in total. The molecule has 2 aliphatic rings. The average Bonchev–Trinajstić information content (AvgIpc) is 2.65. The quantitative estimate of drug-likeness (QED) is 0.626. The molecule has 2 rings (SSSR count). The van der Waals surface area contributed by atoms with E-state index in [4.69, 9.17) is 4.74 Å². The Hall–Kier alpha value is -0.900. The van der Waals surface area contributed by atoms with Crippen LogP contribution in [0.4, 0.5) is 0 Å². The topological polar surface area (TPSA) is 55.4 Å². The minimum Gasteiger partial charge on any atom is -0.378 e. The van der Waals surface area contributed by atoms with Crippen LogP contribution < -0.4 is 5.32 Å². The molecule has 1 N–H and O–H groups in total. The molecular weight excluding hydrogens is 314 g/mol. The number of carbonyl (C=O) groups is 2. The molecule has 0 saturated heterocycles. The van der Waals surface area contributed by atoms with E-state index < -0.39 is 0 Å². The van der Waals surface area contributed by atoms with Crippen molar-refractivity contribution in [2.75, 3.05) is 6.61 Å². The van der Waals surface area contributed by atoms with Gasteiger partial charge in [-0.2, -0.15) is 0 Å². The van der Waals surface area contributed by atoms with Crippen LogP contribution in [-0.4, -0.2) is 30.4 Å². The first-order valence-corrected chi connectivity index (χ1v) is 10.5. The second-order valence-corrected chi connectivity index (χ2v) is 8.06. The van der Waals surface area contributed by atoms with Crippen LogP contribution >= 0.6 is 0 Å². The van der Waals surface area contributed by atoms with Gasteiger partial charge >= 0.3 is 0 Å². The number of nitrogens with one attached hydrogen (secondary N) is 1. The predicted molar refractivity (Wildman–Crippen MR) is 100 cm³/mol. The van der Waals surface area contributed by atoms with Crippen LogP contribution in [0.3, 0.4) is 0 Å². The summed E-state index contributed by atoms with van der Waals surface area (Å²) in [5.41, 5.74) is 0. The fraction of sp³-hybridized carbons (Fsp3) is 0.905. The van der Waals surface area contributed by atoms with E-state index in [0.29, 0.717) is 24.9 Å². The Morgan fingerprint density at radius 1 is 1.04 bits per heavy atom. The molecule has 0 heterocycles. The van der Waals surface area contributed by atoms with Crippen LogP contribution in [0.15, 0.2) is 0 Å². The lowest BCUT2D eigenvalue weighted by atomic mass is 9.79. The van der Waals surface area contributed by atoms with Gasteiger partial charge in [-0.15, -0.1) is 0 Å². The standard InChI is InChI=1S/C21H37NO3/c1-3-16(2)21(24)17-11-13-18(14-12-17)22-20(23)10-7-15-25-19-8-5-4-6-9-19/h16-19H,3-15H2,1-2H3,(H,22,23). The molecule has 0 aromatic heterocycles. The highest BCUT2D eigenvalue weighted by Crippen LogP contribution is 2.28. The van der Waals surface area contributed by atoms with E-state index in [1.807, 2.05) is 6.92 Å². The molecule has 144 valence electrons. The van der Waals surface area contributed by atoms with Crippen LogP contribution in [0.2, 0.25) is 0 Å². The molecule has 0 bridgehead atoms. The molecule has 4 heteroatoms. The Bertz CT molecular complexity index is 409. The van der Waals surface area contributed by atoms with Crippen molar-refractivity contribution >= 4 is 11.7 Å². The van der Waals surface area contributed by atoms with Crippen molar-refractivity contribution in [2.45, 2.75) is 103 Å². The third kappa shape index (κ3) is 7.08. The molecule has 1 unspecified atom stereocenters. The largest absolute Gasteiger partial charge is 0.378 e. The van der Waals surface area contributed by atoms with E-state index >= 15 is 0 Å². The van der Waals surface area contributed by atoms with Gasteiger partial charge in [0, 0.05) is 30.9 Å². The molecule has 25 heavy (non-hydrogen) atoms. The first kappa shape index (κ1) is 20.4. The third-order valence-corrected chi connectivity index (χ3v) is 6.05. The second-order valence-electron chi connectivity index (χ2n) is 8.06. The summed E-state index contributed by atoms with van der Waals surface area (Å²) in [6, 6.07) is 0.257. The minimum absolute atomic E-state index is 0.143. The summed E-state index contributed by atoms with van der Waals surface area (Å²) >= 11 is 0. The Kier molecular flexibility index (Phi) is 8.94. The lowest BCUT2D eigenvalue weighted by Gasteiger charge is -2.29. The summed E-state index contributed by atoms with van der Waals surface area (Å²) in [7, 11) is 0. The van der Waals surface area contributed by atoms with Crippen molar-refractivity contribution in [3.8, 4) is 0 Å². The van der Waals surface area contributed by atoms with Gasteiger partial charge in [-0.05, 0) is 51.4 Å². The van der Waals surface area contributed by atoms with Crippen LogP contribution in [0.1, 0.15) is 90.9 Å². The van der Waals surface area contributed by atoms with Crippen molar-refractivity contribution in [1.82, 2.24) is 5.32 Å². The molecule has 0 aromatic carbocycles. The smallest absolute Gasteiger partial charge is 0.220 e. The highest BCUT2D eigenvalue weighted by Gasteiger charge is 2.28. The maximum Gasteiger partial charge on any atom is 0.220 e. The van der Waals surface area contributed by atoms with Gasteiger partial charge in [0.2, 0.25) is 5.91 Å². The maximum atomic E-state index is 12.3. The normalized spacial score (nSPS) is 26.2. The highest BCUT2D eigenvalue weighted by atomic mass is 16.5. The second kappa shape index (κ2) is 10.9. The van der Waals surface area contributed by atoms with E-state index in [-0.39, 0.29) is 23.8 Å². The summed E-state index contributed by atoms with van der Waals surface area (Å²) in [5, 5.41) is 3.15. The third-order valence-electron chi connectivity index (χ3n) is 6.05. The summed E-state index contributed by atoms with van der Waals surface area (Å²) in [4.78, 5) is 24.4. The van der Waals surface area contributed by atoms with Crippen molar-refractivity contribution in [3.05, 3.63) is 0 Å². The van der Waals surface area contributed by atoms with E-state index in [9.17, 15) is 9.59 Å². The molecule has 0 aliphatic heterocycles. The first-order chi connectivity index (χ1) is 12.1. The van der Waals surface area contributed by atoms with Gasteiger partial charge in [-0.3, -0.25) is 9.59 Å². The van der Waals surface area contributed by atoms with Gasteiger partial charge < -0.3 is 10.1 Å². The van der Waals surface area contributed by atoms with E-state index in [1.165, 1.54) is 32.1 Å². The van der Waals surface area contributed by atoms with E-state index in [1.54, 1.807) is 0 Å². The van der Waals surface area contributed by atoms with Gasteiger partial charge in [0.15, 0.2) is 0 Å². The number of ether oxygens (including phenoxy) is 1. The molecular formula is C21H37NO3. The zero-order chi connectivity index (χ0) is 18.1. The fourth-order valence-corrected chi connectivity index (χ4v) is 4.14. The Morgan fingerprint density at radius 2 is 1.72 bits per heavy atom. The van der Waals surface area contributed by atoms with Crippen molar-refractivity contribution < 1.29 is 14.3 Å². The van der Waals surface area contributed by atoms with E-state index in [0.717, 1.165) is 38.5 Å². The van der Waals surface area contributed by atoms with Gasteiger partial charge in [0.25, 0.3) is 0 Å². The van der Waals surface area contributed by atoms with E-state index in [2.05, 4.69) is 12.2 Å². The summed E-state index contributed by atoms with van der Waals surface area (Å²) in [6.45, 7) is 4.81. The predicted octanol–water partition coefficient (Wildman–Crippen LogP) is 4.41. The van der Waals surface area contributed by atoms with Crippen LogP contribution in [0, 0.1) is 11.8 Å². The molecule has 1 amide bonds. The number of hydrogen-bond donors (Lipinski definition) is 1. The van der Waals surface area contributed by atoms with Crippen LogP contribution in [0.25, 0.3) is 0 Å². The molecule has 0 radical (unpaired) electrons. The Balaban J connectivity index is 1.55. The maximum absolute atomic E-state index is 12.3. The number of hydrogen-bond acceptors (Lipinski definition) is 3. The lowest BCUT2D eigenvalue weighted by Crippen LogP contribution is -2.39. The van der Waals surface area contributed by atoms with Crippen molar-refractivity contribution in [2.24, 2.45) is 11.8 Å². The lowest BCUT2D eigenvalue weighted by molar-refractivity contribution is -0.127. The van der Waals surface area contributed by atoms with Gasteiger partial charge in [0.1, 0.15) is 5.78 Å². The molecule has 0 spiro atoms. The molecule has 2 fully saturated rings. The molecule has 0 aromatic rings. The summed E-state index contributed by atoms with van der Waals surface area (Å²) in [6.07, 6.45) is 12.7. The van der Waals surface area contributed by atoms with Crippen molar-refractivity contribution in [1.29, 1.82) is 0 Å². The molecule has 2 aliphatic carbocycles. The number of ketones is 1. The first-order valence-electron chi connectivity index (χ1n) is 10.5. The molecule has 2 saturated carbocycles. The van der Waals surface area contributed by atoms with Gasteiger partial charge in [-0.25, -0.2) is 0 Å². The monoisotopic (exact) mass is 351 g/mol. The van der Waals surface area contributed by atoms with Crippen molar-refractivity contribution in [3.63, 3.8) is 0 Å². The number of amides is 1. The van der Waals surface area contributed by atoms with Gasteiger partial charge in [-0.1, -0.05) is 33.1 Å². The number of carbonyl (C=O) groups excluding carboxylic acids is 2. The summed E-state index contributed by atoms with van der Waals surface area (Å²) < 4.78 is 5.88. The average molecular weight is 352 g/mol. The Labute approximate surface area is 153 Å². The highest BCUT2D eigenvalue weighted by molar-refractivity contribution is 5.83.